The molecule has 17 heavy (non-hydrogen) atoms. The van der Waals surface area contributed by atoms with Crippen LogP contribution in [0.1, 0.15) is 32.1 Å². The first-order valence-electron chi connectivity index (χ1n) is 6.47. The lowest BCUT2D eigenvalue weighted by atomic mass is 10.1. The molecule has 2 fully saturated rings. The fraction of sp³-hybridized carbons (Fsp3) is 1.00. The Morgan fingerprint density at radius 3 is 2.82 bits per heavy atom. The molecular formula is C11H22N2O3S. The van der Waals surface area contributed by atoms with E-state index >= 15 is 0 Å². The average molecular weight is 262 g/mol. The van der Waals surface area contributed by atoms with Gasteiger partial charge in [0.05, 0.1) is 5.75 Å². The summed E-state index contributed by atoms with van der Waals surface area (Å²) in [7, 11) is -3.16. The molecule has 2 heterocycles. The predicted molar refractivity (Wildman–Crippen MR) is 66.2 cm³/mol. The Kier molecular flexibility index (Phi) is 4.41. The molecular weight excluding hydrogens is 240 g/mol. The van der Waals surface area contributed by atoms with Crippen molar-refractivity contribution in [3.8, 4) is 0 Å². The lowest BCUT2D eigenvalue weighted by molar-refractivity contribution is 0.287. The Balaban J connectivity index is 1.83. The Morgan fingerprint density at radius 1 is 1.24 bits per heavy atom. The first-order chi connectivity index (χ1) is 8.12. The second-order valence-corrected chi connectivity index (χ2v) is 6.88. The zero-order chi connectivity index (χ0) is 12.3. The number of rotatable bonds is 6. The van der Waals surface area contributed by atoms with Crippen molar-refractivity contribution in [1.29, 1.82) is 0 Å². The Morgan fingerprint density at radius 2 is 2.06 bits per heavy atom. The van der Waals surface area contributed by atoms with Crippen molar-refractivity contribution in [3.05, 3.63) is 0 Å². The van der Waals surface area contributed by atoms with Gasteiger partial charge >= 0.3 is 0 Å². The molecule has 2 unspecified atom stereocenters. The van der Waals surface area contributed by atoms with E-state index in [4.69, 9.17) is 5.11 Å². The number of aliphatic hydroxyl groups excluding tert-OH is 1. The van der Waals surface area contributed by atoms with E-state index < -0.39 is 10.0 Å². The van der Waals surface area contributed by atoms with Crippen LogP contribution in [-0.4, -0.2) is 56.0 Å². The van der Waals surface area contributed by atoms with E-state index in [-0.39, 0.29) is 18.4 Å². The van der Waals surface area contributed by atoms with Gasteiger partial charge in [-0.15, -0.1) is 0 Å². The lowest BCUT2D eigenvalue weighted by Gasteiger charge is -2.21. The van der Waals surface area contributed by atoms with Crippen molar-refractivity contribution in [2.24, 2.45) is 0 Å². The van der Waals surface area contributed by atoms with Gasteiger partial charge in [0.15, 0.2) is 0 Å². The SMILES string of the molecule is O=S(=O)(CCCCO)NC1CCN2CCCC12. The Labute approximate surface area is 103 Å². The number of fused-ring (bicyclic) bond motifs is 1. The highest BCUT2D eigenvalue weighted by Crippen LogP contribution is 2.28. The topological polar surface area (TPSA) is 69.6 Å². The summed E-state index contributed by atoms with van der Waals surface area (Å²) in [5.41, 5.74) is 0. The van der Waals surface area contributed by atoms with Crippen molar-refractivity contribution < 1.29 is 13.5 Å². The minimum atomic E-state index is -3.16. The van der Waals surface area contributed by atoms with E-state index in [1.807, 2.05) is 0 Å². The number of nitrogens with one attached hydrogen (secondary N) is 1. The van der Waals surface area contributed by atoms with Gasteiger partial charge in [-0.2, -0.15) is 0 Å². The smallest absolute Gasteiger partial charge is 0.211 e. The van der Waals surface area contributed by atoms with Crippen molar-refractivity contribution in [2.45, 2.75) is 44.2 Å². The molecule has 2 aliphatic heterocycles. The summed E-state index contributed by atoms with van der Waals surface area (Å²) in [4.78, 5) is 2.39. The molecule has 2 atom stereocenters. The molecule has 2 aliphatic rings. The van der Waals surface area contributed by atoms with Crippen molar-refractivity contribution >= 4 is 10.0 Å². The fourth-order valence-corrected chi connectivity index (χ4v) is 4.35. The summed E-state index contributed by atoms with van der Waals surface area (Å²) < 4.78 is 26.5. The van der Waals surface area contributed by atoms with Gasteiger partial charge in [0.1, 0.15) is 0 Å². The molecule has 2 saturated heterocycles. The van der Waals surface area contributed by atoms with E-state index in [9.17, 15) is 8.42 Å². The molecule has 0 radical (unpaired) electrons. The summed E-state index contributed by atoms with van der Waals surface area (Å²) in [5, 5.41) is 8.65. The monoisotopic (exact) mass is 262 g/mol. The second kappa shape index (κ2) is 5.65. The summed E-state index contributed by atoms with van der Waals surface area (Å²) >= 11 is 0. The summed E-state index contributed by atoms with van der Waals surface area (Å²) in [6.45, 7) is 2.21. The number of unbranched alkanes of at least 4 members (excludes halogenated alkanes) is 1. The zero-order valence-corrected chi connectivity index (χ0v) is 11.0. The zero-order valence-electron chi connectivity index (χ0n) is 10.1. The molecule has 2 N–H and O–H groups in total. The molecule has 100 valence electrons. The highest BCUT2D eigenvalue weighted by Gasteiger charge is 2.38. The molecule has 6 heteroatoms. The van der Waals surface area contributed by atoms with E-state index in [2.05, 4.69) is 9.62 Å². The van der Waals surface area contributed by atoms with Crippen LogP contribution in [0.2, 0.25) is 0 Å². The van der Waals surface area contributed by atoms with Gasteiger partial charge in [-0.05, 0) is 38.6 Å². The standard InChI is InChI=1S/C11H22N2O3S/c14-8-1-2-9-17(15,16)12-10-5-7-13-6-3-4-11(10)13/h10-12,14H,1-9H2. The molecule has 0 aromatic heterocycles. The third-order valence-corrected chi connectivity index (χ3v) is 5.25. The molecule has 5 nitrogen and oxygen atoms in total. The van der Waals surface area contributed by atoms with Crippen molar-refractivity contribution in [3.63, 3.8) is 0 Å². The number of hydrogen-bond donors (Lipinski definition) is 2. The Hall–Kier alpha value is -0.170. The maximum absolute atomic E-state index is 11.8. The maximum atomic E-state index is 11.8. The molecule has 0 bridgehead atoms. The van der Waals surface area contributed by atoms with Gasteiger partial charge in [0.2, 0.25) is 10.0 Å². The van der Waals surface area contributed by atoms with E-state index in [1.54, 1.807) is 0 Å². The quantitative estimate of drug-likeness (QED) is 0.657. The molecule has 0 saturated carbocycles. The van der Waals surface area contributed by atoms with E-state index in [0.29, 0.717) is 18.9 Å². The van der Waals surface area contributed by atoms with Gasteiger partial charge < -0.3 is 5.11 Å². The third-order valence-electron chi connectivity index (χ3n) is 3.76. The average Bonchev–Trinajstić information content (AvgIpc) is 2.83. The van der Waals surface area contributed by atoms with Gasteiger partial charge in [0.25, 0.3) is 0 Å². The number of nitrogens with zero attached hydrogens (tertiary/aromatic N) is 1. The van der Waals surface area contributed by atoms with Gasteiger partial charge in [-0.1, -0.05) is 0 Å². The van der Waals surface area contributed by atoms with Crippen LogP contribution in [0, 0.1) is 0 Å². The van der Waals surface area contributed by atoms with E-state index in [1.165, 1.54) is 6.42 Å². The second-order valence-electron chi connectivity index (χ2n) is 5.01. The van der Waals surface area contributed by atoms with Crippen LogP contribution in [0.4, 0.5) is 0 Å². The van der Waals surface area contributed by atoms with Crippen LogP contribution in [0.3, 0.4) is 0 Å². The Bertz CT molecular complexity index is 345. The highest BCUT2D eigenvalue weighted by molar-refractivity contribution is 7.89. The lowest BCUT2D eigenvalue weighted by Crippen LogP contribution is -2.43. The summed E-state index contributed by atoms with van der Waals surface area (Å²) in [6, 6.07) is 0.527. The van der Waals surface area contributed by atoms with Crippen LogP contribution >= 0.6 is 0 Å². The summed E-state index contributed by atoms with van der Waals surface area (Å²) in [5.74, 6) is 0.136. The van der Waals surface area contributed by atoms with Crippen LogP contribution in [0.15, 0.2) is 0 Å². The largest absolute Gasteiger partial charge is 0.396 e. The molecule has 0 spiro atoms. The van der Waals surface area contributed by atoms with Gasteiger partial charge in [-0.3, -0.25) is 4.90 Å². The molecule has 0 aromatic carbocycles. The van der Waals surface area contributed by atoms with Crippen LogP contribution in [-0.2, 0) is 10.0 Å². The first-order valence-corrected chi connectivity index (χ1v) is 8.12. The van der Waals surface area contributed by atoms with Crippen LogP contribution in [0.5, 0.6) is 0 Å². The third kappa shape index (κ3) is 3.40. The minimum Gasteiger partial charge on any atom is -0.396 e. The van der Waals surface area contributed by atoms with Crippen molar-refractivity contribution in [2.75, 3.05) is 25.4 Å². The molecule has 2 rings (SSSR count). The molecule has 0 aromatic rings. The first kappa shape index (κ1) is 13.3. The minimum absolute atomic E-state index is 0.0648. The number of hydrogen-bond acceptors (Lipinski definition) is 4. The summed E-state index contributed by atoms with van der Waals surface area (Å²) in [6.07, 6.45) is 4.33. The highest BCUT2D eigenvalue weighted by atomic mass is 32.2. The van der Waals surface area contributed by atoms with E-state index in [0.717, 1.165) is 25.9 Å². The number of sulfonamides is 1. The normalized spacial score (nSPS) is 29.7. The molecule has 0 amide bonds. The van der Waals surface area contributed by atoms with Gasteiger partial charge in [0, 0.05) is 25.2 Å². The number of aliphatic hydroxyl groups is 1. The predicted octanol–water partition coefficient (Wildman–Crippen LogP) is -0.0850. The molecule has 0 aliphatic carbocycles. The fourth-order valence-electron chi connectivity index (χ4n) is 2.91. The van der Waals surface area contributed by atoms with Crippen LogP contribution < -0.4 is 4.72 Å². The van der Waals surface area contributed by atoms with Crippen molar-refractivity contribution in [1.82, 2.24) is 9.62 Å². The van der Waals surface area contributed by atoms with Crippen LogP contribution in [0.25, 0.3) is 0 Å². The van der Waals surface area contributed by atoms with Gasteiger partial charge in [-0.25, -0.2) is 13.1 Å². The maximum Gasteiger partial charge on any atom is 0.211 e.